The molecule has 0 fully saturated rings. The molecule has 0 aliphatic carbocycles. The number of hydrogen-bond acceptors (Lipinski definition) is 1. The predicted octanol–water partition coefficient (Wildman–Crippen LogP) is 4.27. The molecule has 2 nitrogen and oxygen atoms in total. The summed E-state index contributed by atoms with van der Waals surface area (Å²) in [4.78, 5) is 4.63. The Balaban J connectivity index is 2.86. The number of fused-ring (bicyclic) bond motifs is 1. The topological polar surface area (TPSA) is 17.8 Å². The van der Waals surface area contributed by atoms with E-state index in [1.165, 1.54) is 14.7 Å². The Morgan fingerprint density at radius 2 is 2.00 bits per heavy atom. The molecule has 0 amide bonds. The molecular formula is C11H12I2N2. The minimum absolute atomic E-state index is 0.521. The van der Waals surface area contributed by atoms with Crippen LogP contribution < -0.4 is 0 Å². The molecule has 4 heteroatoms. The zero-order valence-corrected chi connectivity index (χ0v) is 13.2. The predicted molar refractivity (Wildman–Crippen MR) is 80.7 cm³/mol. The second-order valence-corrected chi connectivity index (χ2v) is 6.17. The van der Waals surface area contributed by atoms with Crippen LogP contribution in [0.4, 0.5) is 0 Å². The Kier molecular flexibility index (Phi) is 3.25. The zero-order chi connectivity index (χ0) is 11.2. The smallest absolute Gasteiger partial charge is 0.115 e. The molecule has 80 valence electrons. The van der Waals surface area contributed by atoms with Gasteiger partial charge in [0.2, 0.25) is 0 Å². The summed E-state index contributed by atoms with van der Waals surface area (Å²) in [7, 11) is 0. The minimum atomic E-state index is 0.521. The maximum atomic E-state index is 4.63. The number of aromatic nitrogens is 2. The molecule has 1 heterocycles. The van der Waals surface area contributed by atoms with E-state index < -0.39 is 0 Å². The third kappa shape index (κ3) is 2.02. The second-order valence-electron chi connectivity index (χ2n) is 3.96. The van der Waals surface area contributed by atoms with Crippen molar-refractivity contribution in [2.24, 2.45) is 0 Å². The SMILES string of the molecule is Cc1nc2c(C(C)C)cc(I)cc2n1I. The van der Waals surface area contributed by atoms with Gasteiger partial charge in [0.05, 0.1) is 33.9 Å². The normalized spacial score (nSPS) is 11.6. The summed E-state index contributed by atoms with van der Waals surface area (Å²) in [5.41, 5.74) is 3.72. The van der Waals surface area contributed by atoms with Crippen LogP contribution in [0.25, 0.3) is 11.0 Å². The van der Waals surface area contributed by atoms with Gasteiger partial charge in [0.15, 0.2) is 0 Å². The molecule has 2 rings (SSSR count). The number of aryl methyl sites for hydroxylation is 1. The van der Waals surface area contributed by atoms with Crippen molar-refractivity contribution in [3.63, 3.8) is 0 Å². The van der Waals surface area contributed by atoms with E-state index in [4.69, 9.17) is 0 Å². The first-order chi connectivity index (χ1) is 7.00. The van der Waals surface area contributed by atoms with Crippen LogP contribution >= 0.6 is 45.5 Å². The van der Waals surface area contributed by atoms with Gasteiger partial charge in [-0.15, -0.1) is 0 Å². The van der Waals surface area contributed by atoms with Gasteiger partial charge >= 0.3 is 0 Å². The lowest BCUT2D eigenvalue weighted by atomic mass is 10.0. The monoisotopic (exact) mass is 426 g/mol. The van der Waals surface area contributed by atoms with E-state index in [1.54, 1.807) is 0 Å². The van der Waals surface area contributed by atoms with Gasteiger partial charge in [-0.25, -0.2) is 4.98 Å². The summed E-state index contributed by atoms with van der Waals surface area (Å²) in [5, 5.41) is 0. The van der Waals surface area contributed by atoms with Gasteiger partial charge in [0.25, 0.3) is 0 Å². The molecule has 0 saturated heterocycles. The molecule has 0 N–H and O–H groups in total. The molecule has 0 unspecified atom stereocenters. The molecule has 2 aromatic rings. The maximum absolute atomic E-state index is 4.63. The van der Waals surface area contributed by atoms with Crippen LogP contribution in [0.3, 0.4) is 0 Å². The first-order valence-corrected chi connectivity index (χ1v) is 6.89. The molecule has 1 aromatic heterocycles. The average Bonchev–Trinajstić information content (AvgIpc) is 2.43. The summed E-state index contributed by atoms with van der Waals surface area (Å²) < 4.78 is 3.41. The Hall–Kier alpha value is 0.150. The summed E-state index contributed by atoms with van der Waals surface area (Å²) >= 11 is 4.67. The van der Waals surface area contributed by atoms with Gasteiger partial charge in [-0.3, -0.25) is 2.78 Å². The molecule has 0 radical (unpaired) electrons. The molecule has 0 spiro atoms. The molecule has 1 aromatic carbocycles. The average molecular weight is 426 g/mol. The summed E-state index contributed by atoms with van der Waals surface area (Å²) in [6.45, 7) is 6.47. The molecular weight excluding hydrogens is 414 g/mol. The van der Waals surface area contributed by atoms with Crippen molar-refractivity contribution in [3.05, 3.63) is 27.1 Å². The van der Waals surface area contributed by atoms with Crippen LogP contribution in [0.15, 0.2) is 12.1 Å². The van der Waals surface area contributed by atoms with E-state index in [1.807, 2.05) is 6.92 Å². The first kappa shape index (κ1) is 11.6. The van der Waals surface area contributed by atoms with Crippen molar-refractivity contribution >= 4 is 56.5 Å². The number of rotatable bonds is 1. The second kappa shape index (κ2) is 4.20. The van der Waals surface area contributed by atoms with E-state index in [9.17, 15) is 0 Å². The van der Waals surface area contributed by atoms with Gasteiger partial charge in [-0.05, 0) is 53.1 Å². The fourth-order valence-electron chi connectivity index (χ4n) is 1.70. The van der Waals surface area contributed by atoms with Crippen molar-refractivity contribution in [3.8, 4) is 0 Å². The Bertz CT molecular complexity index is 515. The van der Waals surface area contributed by atoms with Crippen molar-refractivity contribution in [1.29, 1.82) is 0 Å². The number of nitrogens with zero attached hydrogens (tertiary/aromatic N) is 2. The lowest BCUT2D eigenvalue weighted by Gasteiger charge is -2.07. The Morgan fingerprint density at radius 3 is 2.60 bits per heavy atom. The maximum Gasteiger partial charge on any atom is 0.115 e. The van der Waals surface area contributed by atoms with Crippen LogP contribution in [0.2, 0.25) is 0 Å². The van der Waals surface area contributed by atoms with Crippen LogP contribution in [0, 0.1) is 10.5 Å². The highest BCUT2D eigenvalue weighted by Gasteiger charge is 2.12. The van der Waals surface area contributed by atoms with E-state index in [0.29, 0.717) is 5.92 Å². The molecule has 0 bridgehead atoms. The first-order valence-electron chi connectivity index (χ1n) is 4.85. The van der Waals surface area contributed by atoms with Gasteiger partial charge < -0.3 is 0 Å². The van der Waals surface area contributed by atoms with Gasteiger partial charge in [-0.2, -0.15) is 0 Å². The van der Waals surface area contributed by atoms with Crippen molar-refractivity contribution in [2.75, 3.05) is 0 Å². The van der Waals surface area contributed by atoms with Crippen molar-refractivity contribution in [2.45, 2.75) is 26.7 Å². The number of hydrogen-bond donors (Lipinski definition) is 0. The summed E-state index contributed by atoms with van der Waals surface area (Å²) in [6, 6.07) is 4.42. The molecule has 0 aliphatic heterocycles. The van der Waals surface area contributed by atoms with Crippen LogP contribution in [-0.4, -0.2) is 7.76 Å². The third-order valence-corrected chi connectivity index (χ3v) is 4.32. The van der Waals surface area contributed by atoms with Gasteiger partial charge in [0, 0.05) is 3.57 Å². The molecule has 0 saturated carbocycles. The number of halogens is 2. The highest BCUT2D eigenvalue weighted by Crippen LogP contribution is 2.29. The highest BCUT2D eigenvalue weighted by molar-refractivity contribution is 14.1. The van der Waals surface area contributed by atoms with Crippen LogP contribution in [-0.2, 0) is 0 Å². The molecule has 0 atom stereocenters. The molecule has 15 heavy (non-hydrogen) atoms. The Morgan fingerprint density at radius 1 is 1.33 bits per heavy atom. The number of imidazole rings is 1. The standard InChI is InChI=1S/C11H12I2N2/c1-6(2)9-4-8(12)5-10-11(9)14-7(3)15(10)13/h4-6H,1-3H3. The van der Waals surface area contributed by atoms with E-state index in [0.717, 1.165) is 11.3 Å². The zero-order valence-electron chi connectivity index (χ0n) is 8.88. The van der Waals surface area contributed by atoms with E-state index in [2.05, 4.69) is 79.2 Å². The fourth-order valence-corrected chi connectivity index (χ4v) is 2.80. The van der Waals surface area contributed by atoms with Crippen molar-refractivity contribution < 1.29 is 0 Å². The molecule has 0 aliphatic rings. The Labute approximate surface area is 117 Å². The van der Waals surface area contributed by atoms with Gasteiger partial charge in [-0.1, -0.05) is 13.8 Å². The third-order valence-electron chi connectivity index (χ3n) is 2.48. The quantitative estimate of drug-likeness (QED) is 0.624. The van der Waals surface area contributed by atoms with Crippen LogP contribution in [0.5, 0.6) is 0 Å². The van der Waals surface area contributed by atoms with E-state index >= 15 is 0 Å². The van der Waals surface area contributed by atoms with Gasteiger partial charge in [0.1, 0.15) is 5.82 Å². The lowest BCUT2D eigenvalue weighted by molar-refractivity contribution is 0.872. The summed E-state index contributed by atoms with van der Waals surface area (Å²) in [5.74, 6) is 1.59. The lowest BCUT2D eigenvalue weighted by Crippen LogP contribution is -1.91. The summed E-state index contributed by atoms with van der Waals surface area (Å²) in [6.07, 6.45) is 0. The van der Waals surface area contributed by atoms with E-state index in [-0.39, 0.29) is 0 Å². The van der Waals surface area contributed by atoms with Crippen LogP contribution in [0.1, 0.15) is 31.2 Å². The fraction of sp³-hybridized carbons (Fsp3) is 0.364. The number of benzene rings is 1. The van der Waals surface area contributed by atoms with Crippen molar-refractivity contribution in [1.82, 2.24) is 7.76 Å². The highest BCUT2D eigenvalue weighted by atomic mass is 127. The minimum Gasteiger partial charge on any atom is -0.268 e. The largest absolute Gasteiger partial charge is 0.268 e.